The van der Waals surface area contributed by atoms with Gasteiger partial charge in [0.05, 0.1) is 20.7 Å². The van der Waals surface area contributed by atoms with E-state index in [4.69, 9.17) is 7.85 Å². The fourth-order valence-electron chi connectivity index (χ4n) is 0.199. The molecular formula is C3H7BO3S. The molecule has 3 nitrogen and oxygen atoms in total. The van der Waals surface area contributed by atoms with Crippen LogP contribution < -0.4 is 0 Å². The Morgan fingerprint density at radius 2 is 2.12 bits per heavy atom. The Morgan fingerprint density at radius 3 is 2.25 bits per heavy atom. The number of rotatable bonds is 3. The third-order valence-corrected chi connectivity index (χ3v) is 1.01. The van der Waals surface area contributed by atoms with E-state index in [2.05, 4.69) is 4.18 Å². The summed E-state index contributed by atoms with van der Waals surface area (Å²) in [5, 5.41) is 0. The minimum Gasteiger partial charge on any atom is -0.271 e. The smallest absolute Gasteiger partial charge is 0.264 e. The van der Waals surface area contributed by atoms with Gasteiger partial charge >= 0.3 is 0 Å². The molecule has 0 N–H and O–H groups in total. The van der Waals surface area contributed by atoms with Crippen LogP contribution in [0.1, 0.15) is 0 Å². The minimum absolute atomic E-state index is 0.0683. The van der Waals surface area contributed by atoms with Gasteiger partial charge in [-0.25, -0.2) is 0 Å². The Bertz CT molecular complexity index is 139. The standard InChI is InChI=1S/C3H7BO3S/c1-8(5,6)7-3-2-4/h2-3H2,1H3. The highest BCUT2D eigenvalue weighted by Crippen LogP contribution is 1.86. The van der Waals surface area contributed by atoms with Gasteiger partial charge < -0.3 is 0 Å². The van der Waals surface area contributed by atoms with Crippen LogP contribution in [0.4, 0.5) is 0 Å². The summed E-state index contributed by atoms with van der Waals surface area (Å²) in [6, 6.07) is 0. The number of hydrogen-bond donors (Lipinski definition) is 0. The summed E-state index contributed by atoms with van der Waals surface area (Å²) in [6.07, 6.45) is 1.22. The molecule has 46 valence electrons. The first-order chi connectivity index (χ1) is 3.56. The molecule has 0 unspecified atom stereocenters. The van der Waals surface area contributed by atoms with Gasteiger partial charge in [-0.2, -0.15) is 8.42 Å². The first-order valence-corrected chi connectivity index (χ1v) is 3.92. The average Bonchev–Trinajstić information content (AvgIpc) is 1.59. The van der Waals surface area contributed by atoms with E-state index in [0.717, 1.165) is 6.26 Å². The molecule has 5 heteroatoms. The Labute approximate surface area is 50.6 Å². The Kier molecular flexibility index (Phi) is 3.08. The van der Waals surface area contributed by atoms with Crippen molar-refractivity contribution < 1.29 is 12.6 Å². The van der Waals surface area contributed by atoms with Crippen LogP contribution in [-0.2, 0) is 14.3 Å². The summed E-state index contributed by atoms with van der Waals surface area (Å²) < 4.78 is 24.5. The Morgan fingerprint density at radius 1 is 1.62 bits per heavy atom. The van der Waals surface area contributed by atoms with Gasteiger partial charge in [0.1, 0.15) is 0 Å². The van der Waals surface area contributed by atoms with Crippen LogP contribution in [0.3, 0.4) is 0 Å². The van der Waals surface area contributed by atoms with Crippen molar-refractivity contribution in [2.75, 3.05) is 12.9 Å². The van der Waals surface area contributed by atoms with Gasteiger partial charge in [-0.3, -0.25) is 4.18 Å². The summed E-state index contributed by atoms with van der Waals surface area (Å²) in [4.78, 5) is 0. The van der Waals surface area contributed by atoms with Crippen molar-refractivity contribution in [3.63, 3.8) is 0 Å². The summed E-state index contributed by atoms with van der Waals surface area (Å²) in [7, 11) is 1.68. The van der Waals surface area contributed by atoms with E-state index in [1.807, 2.05) is 0 Å². The molecule has 0 aliphatic carbocycles. The van der Waals surface area contributed by atoms with E-state index in [-0.39, 0.29) is 12.9 Å². The summed E-state index contributed by atoms with van der Waals surface area (Å²) >= 11 is 0. The lowest BCUT2D eigenvalue weighted by molar-refractivity contribution is 0.342. The van der Waals surface area contributed by atoms with Crippen molar-refractivity contribution >= 4 is 18.0 Å². The summed E-state index contributed by atoms with van der Waals surface area (Å²) in [5.74, 6) is 0. The third kappa shape index (κ3) is 5.97. The second kappa shape index (κ2) is 3.09. The van der Waals surface area contributed by atoms with E-state index in [9.17, 15) is 8.42 Å². The predicted octanol–water partition coefficient (Wildman–Crippen LogP) is -0.451. The topological polar surface area (TPSA) is 43.4 Å². The van der Waals surface area contributed by atoms with Gasteiger partial charge in [0.25, 0.3) is 10.1 Å². The van der Waals surface area contributed by atoms with E-state index in [1.165, 1.54) is 0 Å². The maximum Gasteiger partial charge on any atom is 0.264 e. The molecule has 0 amide bonds. The molecule has 0 aromatic carbocycles. The SMILES string of the molecule is [B]CCOS(C)(=O)=O. The zero-order valence-electron chi connectivity index (χ0n) is 4.62. The molecule has 0 aliphatic heterocycles. The molecule has 0 rings (SSSR count). The van der Waals surface area contributed by atoms with Crippen LogP contribution in [0.15, 0.2) is 0 Å². The Balaban J connectivity index is 3.42. The molecule has 0 aliphatic rings. The minimum atomic E-state index is -3.27. The van der Waals surface area contributed by atoms with Gasteiger partial charge in [0, 0.05) is 0 Å². The highest BCUT2D eigenvalue weighted by atomic mass is 32.2. The average molecular weight is 134 g/mol. The van der Waals surface area contributed by atoms with E-state index < -0.39 is 10.1 Å². The lowest BCUT2D eigenvalue weighted by Gasteiger charge is -1.94. The third-order valence-electron chi connectivity index (χ3n) is 0.415. The fourth-order valence-corrected chi connectivity index (χ4v) is 0.598. The molecular weight excluding hydrogens is 127 g/mol. The lowest BCUT2D eigenvalue weighted by Crippen LogP contribution is -2.02. The molecule has 0 heterocycles. The first-order valence-electron chi connectivity index (χ1n) is 2.11. The fraction of sp³-hybridized carbons (Fsp3) is 1.00. The van der Waals surface area contributed by atoms with Crippen molar-refractivity contribution in [2.45, 2.75) is 6.32 Å². The van der Waals surface area contributed by atoms with Crippen LogP contribution >= 0.6 is 0 Å². The van der Waals surface area contributed by atoms with Crippen LogP contribution in [0.25, 0.3) is 0 Å². The summed E-state index contributed by atoms with van der Waals surface area (Å²) in [6.45, 7) is 0.0683. The highest BCUT2D eigenvalue weighted by Gasteiger charge is 1.96. The van der Waals surface area contributed by atoms with E-state index >= 15 is 0 Å². The molecule has 0 atom stereocenters. The molecule has 2 radical (unpaired) electrons. The normalized spacial score (nSPS) is 11.6. The zero-order chi connectivity index (χ0) is 6.62. The maximum atomic E-state index is 10.1. The molecule has 0 saturated carbocycles. The molecule has 0 spiro atoms. The van der Waals surface area contributed by atoms with Gasteiger partial charge in [0.15, 0.2) is 0 Å². The number of hydrogen-bond acceptors (Lipinski definition) is 3. The molecule has 0 saturated heterocycles. The monoisotopic (exact) mass is 134 g/mol. The Hall–Kier alpha value is -0.0251. The maximum absolute atomic E-state index is 10.1. The van der Waals surface area contributed by atoms with Gasteiger partial charge in [-0.1, -0.05) is 6.32 Å². The highest BCUT2D eigenvalue weighted by molar-refractivity contribution is 7.85. The van der Waals surface area contributed by atoms with Crippen LogP contribution in [0.2, 0.25) is 6.32 Å². The van der Waals surface area contributed by atoms with Crippen molar-refractivity contribution in [3.8, 4) is 0 Å². The van der Waals surface area contributed by atoms with E-state index in [1.54, 1.807) is 0 Å². The lowest BCUT2D eigenvalue weighted by atomic mass is 10.1. The van der Waals surface area contributed by atoms with Crippen molar-refractivity contribution in [2.24, 2.45) is 0 Å². The zero-order valence-corrected chi connectivity index (χ0v) is 5.44. The second-order valence-electron chi connectivity index (χ2n) is 1.31. The van der Waals surface area contributed by atoms with Gasteiger partial charge in [-0.15, -0.1) is 0 Å². The molecule has 8 heavy (non-hydrogen) atoms. The predicted molar refractivity (Wildman–Crippen MR) is 31.4 cm³/mol. The van der Waals surface area contributed by atoms with Gasteiger partial charge in [-0.05, 0) is 0 Å². The van der Waals surface area contributed by atoms with Crippen molar-refractivity contribution in [1.82, 2.24) is 0 Å². The summed E-state index contributed by atoms with van der Waals surface area (Å²) in [5.41, 5.74) is 0. The van der Waals surface area contributed by atoms with Crippen LogP contribution in [0, 0.1) is 0 Å². The largest absolute Gasteiger partial charge is 0.271 e. The van der Waals surface area contributed by atoms with Crippen molar-refractivity contribution in [1.29, 1.82) is 0 Å². The second-order valence-corrected chi connectivity index (χ2v) is 2.96. The quantitative estimate of drug-likeness (QED) is 0.387. The van der Waals surface area contributed by atoms with E-state index in [0.29, 0.717) is 0 Å². The first kappa shape index (κ1) is 7.97. The van der Waals surface area contributed by atoms with Crippen LogP contribution in [0.5, 0.6) is 0 Å². The molecule has 0 fully saturated rings. The molecule has 0 bridgehead atoms. The van der Waals surface area contributed by atoms with Crippen molar-refractivity contribution in [3.05, 3.63) is 0 Å². The van der Waals surface area contributed by atoms with Crippen LogP contribution in [-0.4, -0.2) is 29.1 Å². The van der Waals surface area contributed by atoms with Gasteiger partial charge in [0.2, 0.25) is 0 Å². The molecule has 0 aromatic rings. The molecule has 0 aromatic heterocycles.